The highest BCUT2D eigenvalue weighted by molar-refractivity contribution is 5.94. The Kier molecular flexibility index (Phi) is 5.59. The van der Waals surface area contributed by atoms with Crippen molar-refractivity contribution in [1.82, 2.24) is 20.5 Å². The van der Waals surface area contributed by atoms with E-state index in [-0.39, 0.29) is 18.2 Å². The van der Waals surface area contributed by atoms with Crippen LogP contribution in [-0.4, -0.2) is 59.2 Å². The van der Waals surface area contributed by atoms with Gasteiger partial charge in [-0.3, -0.25) is 10.4 Å². The summed E-state index contributed by atoms with van der Waals surface area (Å²) in [5, 5.41) is 23.4. The second-order valence-corrected chi connectivity index (χ2v) is 7.06. The molecule has 152 valence electrons. The summed E-state index contributed by atoms with van der Waals surface area (Å²) >= 11 is 0. The van der Waals surface area contributed by atoms with Gasteiger partial charge in [-0.25, -0.2) is 9.78 Å². The lowest BCUT2D eigenvalue weighted by atomic mass is 10.0. The number of benzene rings is 1. The van der Waals surface area contributed by atoms with Crippen LogP contribution < -0.4 is 15.5 Å². The van der Waals surface area contributed by atoms with Crippen LogP contribution in [0.4, 0.5) is 16.4 Å². The van der Waals surface area contributed by atoms with Gasteiger partial charge in [-0.15, -0.1) is 0 Å². The van der Waals surface area contributed by atoms with Crippen LogP contribution in [0.1, 0.15) is 18.0 Å². The minimum atomic E-state index is -0.340. The quantitative estimate of drug-likeness (QED) is 0.486. The first-order chi connectivity index (χ1) is 14.1. The van der Waals surface area contributed by atoms with Crippen LogP contribution in [0.3, 0.4) is 0 Å². The molecule has 4 rings (SSSR count). The van der Waals surface area contributed by atoms with Crippen molar-refractivity contribution in [2.24, 2.45) is 0 Å². The molecule has 0 radical (unpaired) electrons. The minimum Gasteiger partial charge on any atom is -0.389 e. The molecule has 3 aromatic rings. The maximum absolute atomic E-state index is 12.5. The van der Waals surface area contributed by atoms with E-state index in [1.54, 1.807) is 19.4 Å². The summed E-state index contributed by atoms with van der Waals surface area (Å²) in [5.74, 6) is 1.19. The molecule has 2 aromatic heterocycles. The summed E-state index contributed by atoms with van der Waals surface area (Å²) in [6.07, 6.45) is 2.02. The van der Waals surface area contributed by atoms with Crippen LogP contribution in [0.2, 0.25) is 0 Å². The Morgan fingerprint density at radius 2 is 2.17 bits per heavy atom. The van der Waals surface area contributed by atoms with Gasteiger partial charge >= 0.3 is 6.03 Å². The zero-order valence-corrected chi connectivity index (χ0v) is 16.1. The van der Waals surface area contributed by atoms with E-state index in [0.29, 0.717) is 31.9 Å². The van der Waals surface area contributed by atoms with Gasteiger partial charge in [0, 0.05) is 39.1 Å². The van der Waals surface area contributed by atoms with Crippen molar-refractivity contribution in [3.05, 3.63) is 48.2 Å². The molecule has 1 aliphatic heterocycles. The number of H-pyrrole nitrogens is 1. The molecule has 1 aliphatic rings. The molecule has 0 bridgehead atoms. The van der Waals surface area contributed by atoms with Crippen molar-refractivity contribution < 1.29 is 14.6 Å². The Hall–Kier alpha value is -3.17. The number of aliphatic hydroxyl groups is 1. The molecule has 1 fully saturated rings. The average molecular weight is 396 g/mol. The first kappa shape index (κ1) is 19.2. The Morgan fingerprint density at radius 1 is 1.38 bits per heavy atom. The summed E-state index contributed by atoms with van der Waals surface area (Å²) < 4.78 is 5.17. The Bertz CT molecular complexity index is 971. The standard InChI is InChI=1S/C20H24N6O3/c1-29-8-7-16(13-5-3-2-4-6-13)22-20(28)23-18-9-17-15(10-21-18)19(25-24-17)26-11-14(27)12-26/h2-6,9-10,14,16,27H,7-8,11-12H2,1H3,(H,24,25)(H2,21,22,23,28). The zero-order valence-electron chi connectivity index (χ0n) is 16.1. The van der Waals surface area contributed by atoms with E-state index in [2.05, 4.69) is 25.8 Å². The van der Waals surface area contributed by atoms with Crippen molar-refractivity contribution >= 4 is 28.6 Å². The van der Waals surface area contributed by atoms with E-state index in [1.165, 1.54) is 0 Å². The van der Waals surface area contributed by atoms with E-state index in [9.17, 15) is 9.90 Å². The molecule has 3 heterocycles. The first-order valence-electron chi connectivity index (χ1n) is 9.52. The van der Waals surface area contributed by atoms with E-state index in [0.717, 1.165) is 22.3 Å². The predicted molar refractivity (Wildman–Crippen MR) is 110 cm³/mol. The van der Waals surface area contributed by atoms with E-state index in [4.69, 9.17) is 4.74 Å². The van der Waals surface area contributed by atoms with Crippen LogP contribution in [0, 0.1) is 0 Å². The number of hydrogen-bond donors (Lipinski definition) is 4. The second kappa shape index (κ2) is 8.46. The van der Waals surface area contributed by atoms with Crippen molar-refractivity contribution in [3.63, 3.8) is 0 Å². The molecule has 4 N–H and O–H groups in total. The van der Waals surface area contributed by atoms with Crippen LogP contribution in [0.15, 0.2) is 42.6 Å². The highest BCUT2D eigenvalue weighted by Gasteiger charge is 2.27. The lowest BCUT2D eigenvalue weighted by molar-refractivity contribution is 0.141. The van der Waals surface area contributed by atoms with Gasteiger partial charge in [0.1, 0.15) is 5.82 Å². The highest BCUT2D eigenvalue weighted by Crippen LogP contribution is 2.28. The number of anilines is 2. The molecule has 1 atom stereocenters. The van der Waals surface area contributed by atoms with Gasteiger partial charge in [-0.05, 0) is 12.0 Å². The van der Waals surface area contributed by atoms with Crippen LogP contribution in [-0.2, 0) is 4.74 Å². The van der Waals surface area contributed by atoms with Gasteiger partial charge in [0.25, 0.3) is 0 Å². The maximum atomic E-state index is 12.5. The molecule has 0 spiro atoms. The Balaban J connectivity index is 1.43. The zero-order chi connectivity index (χ0) is 20.2. The second-order valence-electron chi connectivity index (χ2n) is 7.06. The lowest BCUT2D eigenvalue weighted by Crippen LogP contribution is -2.51. The number of ether oxygens (including phenoxy) is 1. The van der Waals surface area contributed by atoms with Crippen LogP contribution >= 0.6 is 0 Å². The molecule has 1 aromatic carbocycles. The van der Waals surface area contributed by atoms with Gasteiger partial charge in [0.05, 0.1) is 23.0 Å². The van der Waals surface area contributed by atoms with E-state index in [1.807, 2.05) is 35.2 Å². The topological polar surface area (TPSA) is 115 Å². The number of nitrogens with zero attached hydrogens (tertiary/aromatic N) is 3. The monoisotopic (exact) mass is 396 g/mol. The third-order valence-electron chi connectivity index (χ3n) is 4.95. The SMILES string of the molecule is COCCC(NC(=O)Nc1cc2[nH]nc(N3CC(O)C3)c2cn1)c1ccccc1. The first-order valence-corrected chi connectivity index (χ1v) is 9.52. The number of pyridine rings is 1. The number of aromatic nitrogens is 3. The largest absolute Gasteiger partial charge is 0.389 e. The number of fused-ring (bicyclic) bond motifs is 1. The predicted octanol–water partition coefficient (Wildman–Crippen LogP) is 2.04. The number of aliphatic hydroxyl groups excluding tert-OH is 1. The number of carbonyl (C=O) groups excluding carboxylic acids is 1. The summed E-state index contributed by atoms with van der Waals surface area (Å²) in [6, 6.07) is 11.0. The van der Waals surface area contributed by atoms with Gasteiger partial charge in [0.2, 0.25) is 0 Å². The number of rotatable bonds is 7. The Labute approximate surface area is 168 Å². The fourth-order valence-corrected chi connectivity index (χ4v) is 3.39. The molecule has 0 saturated carbocycles. The molecule has 2 amide bonds. The molecule has 9 nitrogen and oxygen atoms in total. The van der Waals surface area contributed by atoms with Gasteiger partial charge in [0.15, 0.2) is 5.82 Å². The molecule has 1 saturated heterocycles. The molecule has 0 aliphatic carbocycles. The average Bonchev–Trinajstić information content (AvgIpc) is 3.12. The van der Waals surface area contributed by atoms with E-state index < -0.39 is 0 Å². The van der Waals surface area contributed by atoms with Gasteiger partial charge in [-0.1, -0.05) is 30.3 Å². The molecule has 1 unspecified atom stereocenters. The molecular formula is C20H24N6O3. The van der Waals surface area contributed by atoms with Crippen molar-refractivity contribution in [2.75, 3.05) is 37.0 Å². The fraction of sp³-hybridized carbons (Fsp3) is 0.350. The smallest absolute Gasteiger partial charge is 0.320 e. The summed E-state index contributed by atoms with van der Waals surface area (Å²) in [4.78, 5) is 18.8. The number of carbonyl (C=O) groups is 1. The normalized spacial score (nSPS) is 15.2. The van der Waals surface area contributed by atoms with Crippen LogP contribution in [0.25, 0.3) is 10.9 Å². The third kappa shape index (κ3) is 4.30. The minimum absolute atomic E-state index is 0.170. The Morgan fingerprint density at radius 3 is 2.90 bits per heavy atom. The third-order valence-corrected chi connectivity index (χ3v) is 4.95. The maximum Gasteiger partial charge on any atom is 0.320 e. The number of aromatic amines is 1. The number of amides is 2. The number of nitrogens with one attached hydrogen (secondary N) is 3. The highest BCUT2D eigenvalue weighted by atomic mass is 16.5. The fourth-order valence-electron chi connectivity index (χ4n) is 3.39. The van der Waals surface area contributed by atoms with Gasteiger partial charge in [-0.2, -0.15) is 5.10 Å². The number of hydrogen-bond acceptors (Lipinski definition) is 6. The molecular weight excluding hydrogens is 372 g/mol. The number of urea groups is 1. The number of methoxy groups -OCH3 is 1. The summed E-state index contributed by atoms with van der Waals surface area (Å²) in [7, 11) is 1.64. The number of β-amino-alcohol motifs (C(OH)–C–C–N with tert-alkyl or cyclic N) is 1. The molecule has 9 heteroatoms. The molecule has 29 heavy (non-hydrogen) atoms. The van der Waals surface area contributed by atoms with Gasteiger partial charge < -0.3 is 20.1 Å². The van der Waals surface area contributed by atoms with Crippen molar-refractivity contribution in [1.29, 1.82) is 0 Å². The summed E-state index contributed by atoms with van der Waals surface area (Å²) in [6.45, 7) is 1.65. The van der Waals surface area contributed by atoms with Crippen molar-refractivity contribution in [3.8, 4) is 0 Å². The van der Waals surface area contributed by atoms with Crippen LogP contribution in [0.5, 0.6) is 0 Å². The van der Waals surface area contributed by atoms with E-state index >= 15 is 0 Å². The lowest BCUT2D eigenvalue weighted by Gasteiger charge is -2.36. The van der Waals surface area contributed by atoms with Crippen molar-refractivity contribution in [2.45, 2.75) is 18.6 Å². The summed E-state index contributed by atoms with van der Waals surface area (Å²) in [5.41, 5.74) is 1.78.